The molecular weight excluding hydrogens is 444 g/mol. The second-order valence-electron chi connectivity index (χ2n) is 9.27. The maximum atomic E-state index is 13.3. The van der Waals surface area contributed by atoms with Crippen molar-refractivity contribution in [3.8, 4) is 5.75 Å². The number of hydrogen-bond donors (Lipinski definition) is 2. The third-order valence-electron chi connectivity index (χ3n) is 7.18. The molecule has 1 aliphatic carbocycles. The molecule has 8 nitrogen and oxygen atoms in total. The molecule has 186 valence electrons. The molecule has 0 aromatic heterocycles. The molecule has 2 aromatic rings. The molecule has 3 N–H and O–H groups in total. The third kappa shape index (κ3) is 5.82. The Balaban J connectivity index is 1.38. The molecule has 0 bridgehead atoms. The van der Waals surface area contributed by atoms with E-state index >= 15 is 0 Å². The Bertz CT molecular complexity index is 1020. The van der Waals surface area contributed by atoms with Gasteiger partial charge in [-0.05, 0) is 42.7 Å². The highest BCUT2D eigenvalue weighted by atomic mass is 16.5. The molecule has 8 heteroatoms. The van der Waals surface area contributed by atoms with Gasteiger partial charge in [-0.15, -0.1) is 0 Å². The number of primary amides is 1. The molecule has 3 atom stereocenters. The fourth-order valence-corrected chi connectivity index (χ4v) is 5.24. The van der Waals surface area contributed by atoms with E-state index in [4.69, 9.17) is 10.5 Å². The van der Waals surface area contributed by atoms with Crippen molar-refractivity contribution >= 4 is 17.7 Å². The van der Waals surface area contributed by atoms with Crippen LogP contribution in [0.25, 0.3) is 0 Å². The average molecular weight is 479 g/mol. The van der Waals surface area contributed by atoms with Gasteiger partial charge in [0.15, 0.2) is 0 Å². The summed E-state index contributed by atoms with van der Waals surface area (Å²) in [7, 11) is 1.60. The lowest BCUT2D eigenvalue weighted by atomic mass is 9.82. The van der Waals surface area contributed by atoms with Gasteiger partial charge in [-0.25, -0.2) is 0 Å². The van der Waals surface area contributed by atoms with Crippen LogP contribution in [0.5, 0.6) is 5.75 Å². The number of methoxy groups -OCH3 is 1. The van der Waals surface area contributed by atoms with Crippen LogP contribution in [-0.4, -0.2) is 66.9 Å². The number of carbonyl (C=O) groups excluding carboxylic acids is 3. The molecule has 1 saturated heterocycles. The van der Waals surface area contributed by atoms with Crippen LogP contribution >= 0.6 is 0 Å². The van der Waals surface area contributed by atoms with Gasteiger partial charge in [0.2, 0.25) is 11.8 Å². The van der Waals surface area contributed by atoms with Crippen LogP contribution in [0.4, 0.5) is 0 Å². The number of ether oxygens (including phenoxy) is 1. The number of benzene rings is 2. The largest absolute Gasteiger partial charge is 0.497 e. The van der Waals surface area contributed by atoms with Crippen molar-refractivity contribution < 1.29 is 19.1 Å². The minimum atomic E-state index is -0.842. The zero-order valence-corrected chi connectivity index (χ0v) is 20.2. The fourth-order valence-electron chi connectivity index (χ4n) is 5.24. The maximum absolute atomic E-state index is 13.3. The van der Waals surface area contributed by atoms with Crippen LogP contribution in [0.15, 0.2) is 54.6 Å². The second-order valence-corrected chi connectivity index (χ2v) is 9.27. The normalized spacial score (nSPS) is 21.7. The highest BCUT2D eigenvalue weighted by Crippen LogP contribution is 2.30. The number of carbonyl (C=O) groups is 3. The van der Waals surface area contributed by atoms with E-state index in [0.29, 0.717) is 37.3 Å². The number of rotatable bonds is 7. The molecular formula is C27H34N4O4. The van der Waals surface area contributed by atoms with Gasteiger partial charge in [-0.2, -0.15) is 0 Å². The topological polar surface area (TPSA) is 105 Å². The van der Waals surface area contributed by atoms with Gasteiger partial charge < -0.3 is 20.7 Å². The van der Waals surface area contributed by atoms with E-state index in [1.165, 1.54) is 0 Å². The van der Waals surface area contributed by atoms with E-state index in [-0.39, 0.29) is 23.8 Å². The molecule has 3 amide bonds. The average Bonchev–Trinajstić information content (AvgIpc) is 2.91. The van der Waals surface area contributed by atoms with E-state index in [2.05, 4.69) is 10.2 Å². The summed E-state index contributed by atoms with van der Waals surface area (Å²) in [5.74, 6) is -0.170. The van der Waals surface area contributed by atoms with Crippen LogP contribution in [0.2, 0.25) is 0 Å². The molecule has 0 radical (unpaired) electrons. The summed E-state index contributed by atoms with van der Waals surface area (Å²) < 4.78 is 5.18. The zero-order chi connectivity index (χ0) is 24.8. The molecule has 2 fully saturated rings. The Kier molecular flexibility index (Phi) is 8.02. The smallest absolute Gasteiger partial charge is 0.253 e. The summed E-state index contributed by atoms with van der Waals surface area (Å²) in [6.45, 7) is 2.66. The van der Waals surface area contributed by atoms with Crippen LogP contribution in [0.1, 0.15) is 47.6 Å². The third-order valence-corrected chi connectivity index (χ3v) is 7.18. The Hall–Kier alpha value is -3.39. The van der Waals surface area contributed by atoms with E-state index in [9.17, 15) is 14.4 Å². The molecule has 2 aromatic carbocycles. The second kappa shape index (κ2) is 11.4. The number of nitrogens with two attached hydrogens (primary N) is 1. The summed E-state index contributed by atoms with van der Waals surface area (Å²) in [6.07, 6.45) is 3.76. The SMILES string of the molecule is COc1ccc(C(=O)N2CCN([C@@H]3CCCC[C@H]3C(=O)N[C@H](C(N)=O)c3ccccc3)CC2)cc1. The van der Waals surface area contributed by atoms with Gasteiger partial charge in [-0.1, -0.05) is 43.2 Å². The molecule has 1 heterocycles. The lowest BCUT2D eigenvalue weighted by Crippen LogP contribution is -2.56. The molecule has 1 aliphatic heterocycles. The lowest BCUT2D eigenvalue weighted by molar-refractivity contribution is -0.133. The van der Waals surface area contributed by atoms with Crippen LogP contribution in [0, 0.1) is 5.92 Å². The first-order valence-corrected chi connectivity index (χ1v) is 12.3. The first kappa shape index (κ1) is 24.7. The van der Waals surface area contributed by atoms with Gasteiger partial charge in [0, 0.05) is 37.8 Å². The van der Waals surface area contributed by atoms with Crippen molar-refractivity contribution in [1.29, 1.82) is 0 Å². The Morgan fingerprint density at radius 2 is 1.60 bits per heavy atom. The Labute approximate surface area is 206 Å². The summed E-state index contributed by atoms with van der Waals surface area (Å²) in [5, 5.41) is 2.91. The molecule has 2 aliphatic rings. The predicted octanol–water partition coefficient (Wildman–Crippen LogP) is 2.35. The number of hydrogen-bond acceptors (Lipinski definition) is 5. The molecule has 0 spiro atoms. The first-order chi connectivity index (χ1) is 17.0. The quantitative estimate of drug-likeness (QED) is 0.636. The van der Waals surface area contributed by atoms with Crippen molar-refractivity contribution in [2.75, 3.05) is 33.3 Å². The standard InChI is InChI=1S/C27H34N4O4/c1-35-21-13-11-20(12-14-21)27(34)31-17-15-30(16-18-31)23-10-6-5-9-22(23)26(33)29-24(25(28)32)19-7-3-2-4-8-19/h2-4,7-8,11-14,22-24H,5-6,9-10,15-18H2,1H3,(H2,28,32)(H,29,33)/t22-,23-,24+/m1/s1. The summed E-state index contributed by atoms with van der Waals surface area (Å²) >= 11 is 0. The minimum absolute atomic E-state index is 0.0115. The van der Waals surface area contributed by atoms with Crippen molar-refractivity contribution in [2.45, 2.75) is 37.8 Å². The van der Waals surface area contributed by atoms with Crippen LogP contribution < -0.4 is 15.8 Å². The van der Waals surface area contributed by atoms with Gasteiger partial charge in [-0.3, -0.25) is 19.3 Å². The van der Waals surface area contributed by atoms with Crippen molar-refractivity contribution in [1.82, 2.24) is 15.1 Å². The highest BCUT2D eigenvalue weighted by molar-refractivity contribution is 5.94. The van der Waals surface area contributed by atoms with Gasteiger partial charge in [0.25, 0.3) is 5.91 Å². The summed E-state index contributed by atoms with van der Waals surface area (Å²) in [6, 6.07) is 15.5. The Morgan fingerprint density at radius 1 is 0.943 bits per heavy atom. The van der Waals surface area contributed by atoms with Gasteiger partial charge in [0.05, 0.1) is 13.0 Å². The number of amides is 3. The minimum Gasteiger partial charge on any atom is -0.497 e. The van der Waals surface area contributed by atoms with Crippen molar-refractivity contribution in [3.63, 3.8) is 0 Å². The van der Waals surface area contributed by atoms with Crippen molar-refractivity contribution in [2.24, 2.45) is 11.7 Å². The molecule has 0 unspecified atom stereocenters. The van der Waals surface area contributed by atoms with Crippen molar-refractivity contribution in [3.05, 3.63) is 65.7 Å². The monoisotopic (exact) mass is 478 g/mol. The van der Waals surface area contributed by atoms with E-state index < -0.39 is 11.9 Å². The van der Waals surface area contributed by atoms with Gasteiger partial charge in [0.1, 0.15) is 11.8 Å². The maximum Gasteiger partial charge on any atom is 0.253 e. The zero-order valence-electron chi connectivity index (χ0n) is 20.2. The first-order valence-electron chi connectivity index (χ1n) is 12.3. The number of piperazine rings is 1. The highest BCUT2D eigenvalue weighted by Gasteiger charge is 2.38. The number of nitrogens with zero attached hydrogens (tertiary/aromatic N) is 2. The van der Waals surface area contributed by atoms with Crippen LogP contribution in [-0.2, 0) is 9.59 Å². The van der Waals surface area contributed by atoms with Gasteiger partial charge >= 0.3 is 0 Å². The fraction of sp³-hybridized carbons (Fsp3) is 0.444. The number of nitrogens with one attached hydrogen (secondary N) is 1. The molecule has 1 saturated carbocycles. The van der Waals surface area contributed by atoms with E-state index in [0.717, 1.165) is 31.4 Å². The Morgan fingerprint density at radius 3 is 2.23 bits per heavy atom. The van der Waals surface area contributed by atoms with Crippen LogP contribution in [0.3, 0.4) is 0 Å². The summed E-state index contributed by atoms with van der Waals surface area (Å²) in [4.78, 5) is 42.6. The molecule has 35 heavy (non-hydrogen) atoms. The predicted molar refractivity (Wildman–Crippen MR) is 133 cm³/mol. The molecule has 4 rings (SSSR count). The van der Waals surface area contributed by atoms with E-state index in [1.54, 1.807) is 43.5 Å². The summed E-state index contributed by atoms with van der Waals surface area (Å²) in [5.41, 5.74) is 6.96. The lowest BCUT2D eigenvalue weighted by Gasteiger charge is -2.44. The van der Waals surface area contributed by atoms with E-state index in [1.807, 2.05) is 23.1 Å².